The molecule has 0 spiro atoms. The summed E-state index contributed by atoms with van der Waals surface area (Å²) >= 11 is 3.41. The number of hydrogen-bond acceptors (Lipinski definition) is 18. The Labute approximate surface area is 492 Å². The van der Waals surface area contributed by atoms with Crippen molar-refractivity contribution in [1.29, 1.82) is 0 Å². The Balaban J connectivity index is 0.000000139. The number of hydrogen-bond donors (Lipinski definition) is 5. The Morgan fingerprint density at radius 3 is 1.35 bits per heavy atom. The van der Waals surface area contributed by atoms with Crippen molar-refractivity contribution >= 4 is 21.7 Å². The van der Waals surface area contributed by atoms with Gasteiger partial charge in [-0.1, -0.05) is 93.8 Å². The van der Waals surface area contributed by atoms with Gasteiger partial charge in [0.15, 0.2) is 40.8 Å². The summed E-state index contributed by atoms with van der Waals surface area (Å²) in [4.78, 5) is 10.9. The van der Waals surface area contributed by atoms with Crippen LogP contribution in [0.4, 0.5) is 0 Å². The van der Waals surface area contributed by atoms with Crippen LogP contribution in [0.5, 0.6) is 0 Å². The highest BCUT2D eigenvalue weighted by Crippen LogP contribution is 2.34. The van der Waals surface area contributed by atoms with E-state index in [0.717, 1.165) is 104 Å². The number of aliphatic hydroxyl groups is 2. The van der Waals surface area contributed by atoms with Crippen LogP contribution in [0.1, 0.15) is 105 Å². The van der Waals surface area contributed by atoms with Crippen LogP contribution >= 0.6 is 15.9 Å². The quantitative estimate of drug-likeness (QED) is 0.122. The molecule has 450 valence electrons. The number of carbonyl (C=O) groups excluding carboxylic acids is 1. The van der Waals surface area contributed by atoms with Gasteiger partial charge in [-0.05, 0) is 126 Å². The van der Waals surface area contributed by atoms with E-state index in [9.17, 15) is 4.79 Å². The lowest BCUT2D eigenvalue weighted by atomic mass is 10.3. The van der Waals surface area contributed by atoms with Gasteiger partial charge in [0.2, 0.25) is 0 Å². The lowest BCUT2D eigenvalue weighted by molar-refractivity contribution is -0.116. The van der Waals surface area contributed by atoms with Crippen LogP contribution in [-0.4, -0.2) is 131 Å². The Morgan fingerprint density at radius 1 is 0.549 bits per heavy atom. The molecule has 0 aromatic rings. The Bertz CT molecular complexity index is 2580. The minimum Gasteiger partial charge on any atom is -0.510 e. The van der Waals surface area contributed by atoms with E-state index in [1.807, 2.05) is 68.7 Å². The normalized spacial score (nSPS) is 27.9. The molecule has 6 aliphatic heterocycles. The molecule has 7 aliphatic carbocycles. The Hall–Kier alpha value is -5.29. The number of allylic oxidation sites excluding steroid dienone is 14. The Kier molecular flexibility index (Phi) is 26.5. The maximum atomic E-state index is 10.9. The molecule has 6 heterocycles. The van der Waals surface area contributed by atoms with Crippen molar-refractivity contribution in [3.8, 4) is 0 Å². The van der Waals surface area contributed by atoms with Gasteiger partial charge >= 0.3 is 0 Å². The highest BCUT2D eigenvalue weighted by molar-refractivity contribution is 9.11. The summed E-state index contributed by atoms with van der Waals surface area (Å²) in [5.41, 5.74) is 11.1. The molecule has 0 aromatic carbocycles. The lowest BCUT2D eigenvalue weighted by Gasteiger charge is -2.19. The number of rotatable bonds is 11. The first-order chi connectivity index (χ1) is 39.7. The summed E-state index contributed by atoms with van der Waals surface area (Å²) in [6.07, 6.45) is 41.5. The maximum Gasteiger partial charge on any atom is 0.189 e. The lowest BCUT2D eigenvalue weighted by Crippen LogP contribution is -2.27. The summed E-state index contributed by atoms with van der Waals surface area (Å²) in [6.45, 7) is 13.6. The SMILES string of the molecule is Br[13C]1=[13CH][13CH]=[13C]2OCO[13CH]2[13CH2]1.C1O[13C]2=[13CH][13CH]=[13CH][13CH2][13CH]2O1.CC(=O)C[13C]1=[13CH][13CH]=[13C]2OCO[13CH]2[13CH2]1.CC(N)C[13C]1=[13CH][13CH]=[13C]2OCO[13CH]2[13CH2]1.CCNC(C)C[13C]1=[13CH][13CH]=[13C]2OCO[13CH]2[13CH2]1.CNC(C)C[13C]1=[13CH][13CH]=[13C]2OCO[13CH]2[13CH2]1.O[13C]1=[13CH][13CH]=[13CH][13CH2][13CH]1O. The molecule has 0 amide bonds. The van der Waals surface area contributed by atoms with Crippen molar-refractivity contribution in [2.75, 3.05) is 54.4 Å². The van der Waals surface area contributed by atoms with Crippen LogP contribution in [0, 0.1) is 0 Å². The summed E-state index contributed by atoms with van der Waals surface area (Å²) < 4.78 is 64.8. The molecule has 0 bridgehead atoms. The molecule has 0 aromatic heterocycles. The molecule has 13 aliphatic rings. The van der Waals surface area contributed by atoms with Crippen molar-refractivity contribution in [3.63, 3.8) is 0 Å². The minimum atomic E-state index is -0.667. The first-order valence-corrected chi connectivity index (χ1v) is 29.4. The number of fused-ring (bicyclic) bond motifs is 6. The van der Waals surface area contributed by atoms with Crippen molar-refractivity contribution in [3.05, 3.63) is 164 Å². The second-order valence-corrected chi connectivity index (χ2v) is 22.4. The molecule has 18 nitrogen and oxygen atoms in total. The second-order valence-electron chi connectivity index (χ2n) is 21.4. The van der Waals surface area contributed by atoms with E-state index in [4.69, 9.17) is 72.8 Å². The third-order valence-corrected chi connectivity index (χ3v) is 15.1. The van der Waals surface area contributed by atoms with Crippen LogP contribution in [-0.2, 0) is 61.6 Å². The summed E-state index contributed by atoms with van der Waals surface area (Å²) in [6, 6.07) is 1.29. The van der Waals surface area contributed by atoms with E-state index in [1.54, 1.807) is 13.0 Å². The monoisotopic (exact) mass is 1250 g/mol. The van der Waals surface area contributed by atoms with E-state index in [-0.39, 0.29) is 54.2 Å². The third-order valence-electron chi connectivity index (χ3n) is 14.5. The fourth-order valence-electron chi connectivity index (χ4n) is 10.1. The van der Waals surface area contributed by atoms with Gasteiger partial charge in [0.1, 0.15) is 88.8 Å². The zero-order valence-corrected chi connectivity index (χ0v) is 50.0. The van der Waals surface area contributed by atoms with Gasteiger partial charge in [-0.3, -0.25) is 4.79 Å². The first kappa shape index (κ1) is 64.3. The molecule has 19 heteroatoms. The van der Waals surface area contributed by atoms with Crippen LogP contribution in [0.2, 0.25) is 0 Å². The summed E-state index contributed by atoms with van der Waals surface area (Å²) in [5.74, 6) is 6.05. The molecule has 10 atom stereocenters. The van der Waals surface area contributed by atoms with Crippen molar-refractivity contribution in [2.45, 2.75) is 166 Å². The Morgan fingerprint density at radius 2 is 0.939 bits per heavy atom. The number of aliphatic hydroxyl groups excluding tert-OH is 2. The minimum absolute atomic E-state index is 0.0550. The topological polar surface area (TPSA) is 218 Å². The number of halogens is 1. The van der Waals surface area contributed by atoms with E-state index >= 15 is 0 Å². The van der Waals surface area contributed by atoms with Gasteiger partial charge < -0.3 is 83.4 Å². The largest absolute Gasteiger partial charge is 0.510 e. The molecule has 6 saturated heterocycles. The van der Waals surface area contributed by atoms with Crippen molar-refractivity contribution in [1.82, 2.24) is 10.6 Å². The molecular formula is C63H86BrN3O15. The molecule has 10 unspecified atom stereocenters. The average molecular weight is 1250 g/mol. The number of ketones is 1. The number of nitrogens with one attached hydrogen (secondary N) is 2. The van der Waals surface area contributed by atoms with E-state index in [2.05, 4.69) is 77.7 Å². The molecule has 0 radical (unpaired) electrons. The number of nitrogens with two attached hydrogens (primary N) is 1. The smallest absolute Gasteiger partial charge is 0.189 e. The summed E-state index contributed by atoms with van der Waals surface area (Å²) in [5, 5.41) is 24.2. The van der Waals surface area contributed by atoms with Crippen LogP contribution in [0.15, 0.2) is 164 Å². The highest BCUT2D eigenvalue weighted by Gasteiger charge is 2.31. The zero-order valence-electron chi connectivity index (χ0n) is 48.4. The highest BCUT2D eigenvalue weighted by atomic mass is 79.9. The molecular weight excluding hydrogens is 1160 g/mol. The zero-order chi connectivity index (χ0) is 58.2. The predicted octanol–water partition coefficient (Wildman–Crippen LogP) is 10.3. The fourth-order valence-corrected chi connectivity index (χ4v) is 10.5. The summed E-state index contributed by atoms with van der Waals surface area (Å²) in [7, 11) is 1.99. The molecule has 0 saturated carbocycles. The molecule has 82 heavy (non-hydrogen) atoms. The number of carbonyl (C=O) groups is 1. The number of Topliss-reactive ketones (excluding diaryl/α,β-unsaturated/α-hetero) is 1. The van der Waals surface area contributed by atoms with E-state index in [1.165, 1.54) is 27.3 Å². The van der Waals surface area contributed by atoms with Crippen molar-refractivity contribution in [2.24, 2.45) is 5.73 Å². The molecule has 6 N–H and O–H groups in total. The van der Waals surface area contributed by atoms with Gasteiger partial charge in [-0.2, -0.15) is 0 Å². The third kappa shape index (κ3) is 21.1. The second kappa shape index (κ2) is 33.9. The standard InChI is InChI=1S/C12H19NO2.C11H17NO2.C10H15NO2.C10H12O3.C7H7BrO2.C7H8O2.C6H8O2/c1-3-13-9(2)6-10-4-5-11-12(7-10)15-8-14-11;1-8(12-2)5-9-3-4-10-11(6-9)14-7-13-10;2*1-7(11)4-8-2-3-9-10(5-8)13-6-12-9;8-5-1-2-6-7(3-5)10-4-9-6;1-2-4-7-6(3-1)8-5-9-7;7-5-3-1-2-4-6(5)8/h4-5,9,12-13H,3,6-8H2,1-2H3;3-4,8,11-12H,5-7H2,1-2H3;2-3,7,10H,4-6,11H2,1H3;2-3,10H,4-6H2,1H3;1-2,7H,3-4H2;1-3,7H,4-5H2;1-3,6-8H,4H2/i4+1,5+1,7+1,10+1,11+1,12+1;3+1,4+1,6+1,9+1,10+1,11+1;2*2+1,3+1,5+1,8+1,9+1,10+1;1+1,2+1,3+1,5+1,6+1,7+1;1+1,2+1,3+1,4+1,6+1,7+1;1+1,2+1,3+1,4+1,5+1,6+1. The number of ether oxygens (including phenoxy) is 12. The van der Waals surface area contributed by atoms with Crippen LogP contribution in [0.25, 0.3) is 0 Å². The average Bonchev–Trinajstić information content (AvgIpc) is 4.39. The predicted molar refractivity (Wildman–Crippen MR) is 315 cm³/mol. The molecule has 6 fully saturated rings. The molecule has 13 rings (SSSR count). The van der Waals surface area contributed by atoms with Crippen LogP contribution in [0.3, 0.4) is 0 Å². The van der Waals surface area contributed by atoms with E-state index in [0.29, 0.717) is 65.7 Å². The van der Waals surface area contributed by atoms with E-state index < -0.39 is 6.10 Å². The first-order valence-electron chi connectivity index (χ1n) is 28.6. The van der Waals surface area contributed by atoms with Gasteiger partial charge in [0, 0.05) is 56.7 Å². The van der Waals surface area contributed by atoms with Crippen molar-refractivity contribution < 1.29 is 71.8 Å². The van der Waals surface area contributed by atoms with Gasteiger partial charge in [0.05, 0.1) is 0 Å². The van der Waals surface area contributed by atoms with Crippen LogP contribution < -0.4 is 16.4 Å². The van der Waals surface area contributed by atoms with Gasteiger partial charge in [-0.15, -0.1) is 0 Å². The fraction of sp³-hybridized carbons (Fsp3) is 0.540. The van der Waals surface area contributed by atoms with Gasteiger partial charge in [0.25, 0.3) is 0 Å². The maximum absolute atomic E-state index is 10.9. The van der Waals surface area contributed by atoms with Gasteiger partial charge in [-0.25, -0.2) is 0 Å².